The molecule has 1 aliphatic heterocycles. The first kappa shape index (κ1) is 15.6. The Hall–Kier alpha value is -1.92. The lowest BCUT2D eigenvalue weighted by Crippen LogP contribution is -2.47. The summed E-state index contributed by atoms with van der Waals surface area (Å²) in [5.74, 6) is -0.668. The van der Waals surface area contributed by atoms with Crippen molar-refractivity contribution in [2.75, 3.05) is 13.1 Å². The fourth-order valence-electron chi connectivity index (χ4n) is 4.08. The van der Waals surface area contributed by atoms with Gasteiger partial charge < -0.3 is 15.4 Å². The monoisotopic (exact) mass is 331 g/mol. The van der Waals surface area contributed by atoms with Crippen molar-refractivity contribution >= 4 is 16.8 Å². The number of halogens is 1. The largest absolute Gasteiger partial charge is 0.389 e. The zero-order valence-corrected chi connectivity index (χ0v) is 13.5. The maximum atomic E-state index is 13.7. The molecule has 6 heteroatoms. The molecular weight excluding hydrogens is 309 g/mol. The molecule has 1 aromatic carbocycles. The van der Waals surface area contributed by atoms with Gasteiger partial charge in [0, 0.05) is 11.4 Å². The standard InChI is InChI=1S/C18H22FN3O2/c19-12-5-3-4-11-10-14(20-16(11)12)18(24)21-13-6-7-15(17(13)23)22-8-1-2-9-22/h3-5,10,13,15,17,20,23H,1-2,6-9H2,(H,21,24)/t13-,15-,17-/m1/s1. The molecule has 3 N–H and O–H groups in total. The number of benzene rings is 1. The minimum absolute atomic E-state index is 0.137. The van der Waals surface area contributed by atoms with Crippen molar-refractivity contribution < 1.29 is 14.3 Å². The Morgan fingerprint density at radius 3 is 2.83 bits per heavy atom. The summed E-state index contributed by atoms with van der Waals surface area (Å²) in [5, 5.41) is 14.1. The topological polar surface area (TPSA) is 68.4 Å². The van der Waals surface area contributed by atoms with Crippen LogP contribution in [0.1, 0.15) is 36.2 Å². The molecule has 1 amide bonds. The molecule has 0 spiro atoms. The van der Waals surface area contributed by atoms with Gasteiger partial charge in [0.2, 0.25) is 0 Å². The second kappa shape index (κ2) is 6.18. The first-order valence-corrected chi connectivity index (χ1v) is 8.64. The van der Waals surface area contributed by atoms with Crippen LogP contribution in [0.3, 0.4) is 0 Å². The molecule has 128 valence electrons. The van der Waals surface area contributed by atoms with Gasteiger partial charge in [-0.15, -0.1) is 0 Å². The van der Waals surface area contributed by atoms with E-state index in [1.54, 1.807) is 18.2 Å². The van der Waals surface area contributed by atoms with E-state index in [0.717, 1.165) is 25.9 Å². The molecule has 24 heavy (non-hydrogen) atoms. The third-order valence-electron chi connectivity index (χ3n) is 5.36. The number of nitrogens with one attached hydrogen (secondary N) is 2. The number of aromatic amines is 1. The third kappa shape index (κ3) is 2.70. The fourth-order valence-corrected chi connectivity index (χ4v) is 4.08. The Balaban J connectivity index is 1.46. The minimum Gasteiger partial charge on any atom is -0.389 e. The van der Waals surface area contributed by atoms with Crippen molar-refractivity contribution in [2.45, 2.75) is 43.9 Å². The first-order chi connectivity index (χ1) is 11.6. The zero-order chi connectivity index (χ0) is 16.7. The molecule has 2 heterocycles. The number of hydrogen-bond acceptors (Lipinski definition) is 3. The number of para-hydroxylation sites is 1. The van der Waals surface area contributed by atoms with E-state index in [9.17, 15) is 14.3 Å². The number of H-pyrrole nitrogens is 1. The molecule has 4 rings (SSSR count). The number of hydrogen-bond donors (Lipinski definition) is 3. The average molecular weight is 331 g/mol. The van der Waals surface area contributed by atoms with Crippen LogP contribution in [0.25, 0.3) is 10.9 Å². The van der Waals surface area contributed by atoms with Crippen molar-refractivity contribution in [1.82, 2.24) is 15.2 Å². The molecule has 5 nitrogen and oxygen atoms in total. The fraction of sp³-hybridized carbons (Fsp3) is 0.500. The van der Waals surface area contributed by atoms with Crippen LogP contribution in [0.4, 0.5) is 4.39 Å². The summed E-state index contributed by atoms with van der Waals surface area (Å²) in [7, 11) is 0. The second-order valence-corrected chi connectivity index (χ2v) is 6.85. The summed E-state index contributed by atoms with van der Waals surface area (Å²) in [6.45, 7) is 2.06. The molecule has 2 fully saturated rings. The van der Waals surface area contributed by atoms with Crippen LogP contribution in [0.15, 0.2) is 24.3 Å². The number of likely N-dealkylation sites (tertiary alicyclic amines) is 1. The number of rotatable bonds is 3. The van der Waals surface area contributed by atoms with Gasteiger partial charge in [-0.25, -0.2) is 4.39 Å². The Kier molecular flexibility index (Phi) is 4.02. The van der Waals surface area contributed by atoms with E-state index < -0.39 is 6.10 Å². The normalized spacial score (nSPS) is 27.8. The van der Waals surface area contributed by atoms with Gasteiger partial charge in [-0.3, -0.25) is 9.69 Å². The van der Waals surface area contributed by atoms with E-state index in [1.165, 1.54) is 18.9 Å². The van der Waals surface area contributed by atoms with Gasteiger partial charge >= 0.3 is 0 Å². The van der Waals surface area contributed by atoms with E-state index in [1.807, 2.05) is 0 Å². The number of aliphatic hydroxyl groups is 1. The summed E-state index contributed by atoms with van der Waals surface area (Å²) in [6.07, 6.45) is 3.48. The van der Waals surface area contributed by atoms with Crippen molar-refractivity contribution in [2.24, 2.45) is 0 Å². The second-order valence-electron chi connectivity index (χ2n) is 6.85. The van der Waals surface area contributed by atoms with Gasteiger partial charge in [-0.05, 0) is 50.9 Å². The lowest BCUT2D eigenvalue weighted by Gasteiger charge is -2.28. The van der Waals surface area contributed by atoms with Gasteiger partial charge in [0.15, 0.2) is 0 Å². The first-order valence-electron chi connectivity index (χ1n) is 8.64. The highest BCUT2D eigenvalue weighted by atomic mass is 19.1. The van der Waals surface area contributed by atoms with E-state index >= 15 is 0 Å². The highest BCUT2D eigenvalue weighted by Crippen LogP contribution is 2.28. The lowest BCUT2D eigenvalue weighted by molar-refractivity contribution is 0.0618. The Bertz CT molecular complexity index is 754. The number of amides is 1. The lowest BCUT2D eigenvalue weighted by atomic mass is 10.1. The van der Waals surface area contributed by atoms with Crippen LogP contribution in [-0.4, -0.2) is 52.2 Å². The van der Waals surface area contributed by atoms with Crippen LogP contribution in [0, 0.1) is 5.82 Å². The van der Waals surface area contributed by atoms with Gasteiger partial charge in [-0.1, -0.05) is 12.1 Å². The number of carbonyl (C=O) groups excluding carboxylic acids is 1. The van der Waals surface area contributed by atoms with Gasteiger partial charge in [0.1, 0.15) is 11.5 Å². The van der Waals surface area contributed by atoms with E-state index in [0.29, 0.717) is 16.6 Å². The van der Waals surface area contributed by atoms with Crippen molar-refractivity contribution in [1.29, 1.82) is 0 Å². The predicted octanol–water partition coefficient (Wildman–Crippen LogP) is 2.02. The van der Waals surface area contributed by atoms with Crippen LogP contribution in [-0.2, 0) is 0 Å². The number of aromatic nitrogens is 1. The van der Waals surface area contributed by atoms with Crippen molar-refractivity contribution in [3.05, 3.63) is 35.8 Å². The quantitative estimate of drug-likeness (QED) is 0.806. The summed E-state index contributed by atoms with van der Waals surface area (Å²) in [6, 6.07) is 6.28. The molecule has 2 aromatic rings. The molecule has 0 radical (unpaired) electrons. The molecule has 0 unspecified atom stereocenters. The molecule has 1 saturated carbocycles. The average Bonchev–Trinajstić information content (AvgIpc) is 3.28. The zero-order valence-electron chi connectivity index (χ0n) is 13.5. The van der Waals surface area contributed by atoms with E-state index in [-0.39, 0.29) is 23.8 Å². The minimum atomic E-state index is -0.548. The maximum absolute atomic E-state index is 13.7. The van der Waals surface area contributed by atoms with Gasteiger partial charge in [0.25, 0.3) is 5.91 Å². The predicted molar refractivity (Wildman–Crippen MR) is 89.3 cm³/mol. The third-order valence-corrected chi connectivity index (χ3v) is 5.36. The Labute approximate surface area is 139 Å². The summed E-state index contributed by atoms with van der Waals surface area (Å²) < 4.78 is 13.7. The maximum Gasteiger partial charge on any atom is 0.268 e. The van der Waals surface area contributed by atoms with Crippen molar-refractivity contribution in [3.8, 4) is 0 Å². The van der Waals surface area contributed by atoms with Crippen LogP contribution < -0.4 is 5.32 Å². The van der Waals surface area contributed by atoms with Crippen LogP contribution >= 0.6 is 0 Å². The molecule has 1 aliphatic carbocycles. The SMILES string of the molecule is O=C(N[C@@H]1CC[C@@H](N2CCCC2)[C@@H]1O)c1cc2cccc(F)c2[nH]1. The molecule has 1 aromatic heterocycles. The summed E-state index contributed by atoms with van der Waals surface area (Å²) in [4.78, 5) is 17.6. The van der Waals surface area contributed by atoms with Gasteiger partial charge in [-0.2, -0.15) is 0 Å². The van der Waals surface area contributed by atoms with Crippen LogP contribution in [0.5, 0.6) is 0 Å². The number of fused-ring (bicyclic) bond motifs is 1. The number of nitrogens with zero attached hydrogens (tertiary/aromatic N) is 1. The molecule has 2 aliphatic rings. The molecule has 1 saturated heterocycles. The molecular formula is C18H22FN3O2. The van der Waals surface area contributed by atoms with Gasteiger partial charge in [0.05, 0.1) is 17.7 Å². The van der Waals surface area contributed by atoms with Crippen molar-refractivity contribution in [3.63, 3.8) is 0 Å². The highest BCUT2D eigenvalue weighted by molar-refractivity contribution is 5.98. The Morgan fingerprint density at radius 2 is 2.08 bits per heavy atom. The van der Waals surface area contributed by atoms with E-state index in [2.05, 4.69) is 15.2 Å². The Morgan fingerprint density at radius 1 is 1.29 bits per heavy atom. The highest BCUT2D eigenvalue weighted by Gasteiger charge is 2.39. The number of aliphatic hydroxyl groups excluding tert-OH is 1. The summed E-state index contributed by atoms with van der Waals surface area (Å²) >= 11 is 0. The molecule has 0 bridgehead atoms. The summed E-state index contributed by atoms with van der Waals surface area (Å²) in [5.41, 5.74) is 0.663. The van der Waals surface area contributed by atoms with Crippen LogP contribution in [0.2, 0.25) is 0 Å². The number of carbonyl (C=O) groups is 1. The van der Waals surface area contributed by atoms with E-state index in [4.69, 9.17) is 0 Å². The molecule has 3 atom stereocenters. The smallest absolute Gasteiger partial charge is 0.268 e.